The van der Waals surface area contributed by atoms with Gasteiger partial charge in [0.2, 0.25) is 0 Å². The van der Waals surface area contributed by atoms with Crippen molar-refractivity contribution < 1.29 is 0 Å². The van der Waals surface area contributed by atoms with E-state index in [0.717, 1.165) is 19.9 Å². The molecule has 84 valence electrons. The van der Waals surface area contributed by atoms with Crippen LogP contribution in [-0.4, -0.2) is 0 Å². The topological polar surface area (TPSA) is 26.0 Å². The standard InChI is InChI=1S/C12H11BrClNS/c1-7-6-8(13)2-3-9(7)11(15)12-10(14)4-5-16-12/h2-6,11H,15H2,1H3. The van der Waals surface area contributed by atoms with Gasteiger partial charge in [-0.05, 0) is 41.6 Å². The van der Waals surface area contributed by atoms with Gasteiger partial charge in [-0.1, -0.05) is 33.6 Å². The summed E-state index contributed by atoms with van der Waals surface area (Å²) < 4.78 is 1.07. The summed E-state index contributed by atoms with van der Waals surface area (Å²) in [6, 6.07) is 7.86. The van der Waals surface area contributed by atoms with E-state index in [1.54, 1.807) is 11.3 Å². The highest BCUT2D eigenvalue weighted by Crippen LogP contribution is 2.33. The average Bonchev–Trinajstić information content (AvgIpc) is 2.63. The van der Waals surface area contributed by atoms with Gasteiger partial charge >= 0.3 is 0 Å². The molecule has 1 heterocycles. The van der Waals surface area contributed by atoms with Crippen LogP contribution in [0.15, 0.2) is 34.1 Å². The lowest BCUT2D eigenvalue weighted by atomic mass is 10.0. The molecule has 16 heavy (non-hydrogen) atoms. The van der Waals surface area contributed by atoms with Crippen molar-refractivity contribution in [1.29, 1.82) is 0 Å². The quantitative estimate of drug-likeness (QED) is 0.866. The van der Waals surface area contributed by atoms with Crippen molar-refractivity contribution in [3.05, 3.63) is 55.1 Å². The summed E-state index contributed by atoms with van der Waals surface area (Å²) in [6.07, 6.45) is 0. The third-order valence-corrected chi connectivity index (χ3v) is 4.43. The van der Waals surface area contributed by atoms with Gasteiger partial charge in [0.25, 0.3) is 0 Å². The summed E-state index contributed by atoms with van der Waals surface area (Å²) in [5.74, 6) is 0. The van der Waals surface area contributed by atoms with Crippen molar-refractivity contribution in [3.63, 3.8) is 0 Å². The first kappa shape index (κ1) is 12.1. The van der Waals surface area contributed by atoms with Crippen LogP contribution < -0.4 is 5.73 Å². The zero-order valence-electron chi connectivity index (χ0n) is 8.71. The van der Waals surface area contributed by atoms with Crippen molar-refractivity contribution in [2.45, 2.75) is 13.0 Å². The van der Waals surface area contributed by atoms with E-state index in [4.69, 9.17) is 17.3 Å². The van der Waals surface area contributed by atoms with E-state index in [2.05, 4.69) is 28.9 Å². The lowest BCUT2D eigenvalue weighted by Crippen LogP contribution is -2.12. The molecule has 4 heteroatoms. The second kappa shape index (κ2) is 4.88. The van der Waals surface area contributed by atoms with Gasteiger partial charge in [0, 0.05) is 9.35 Å². The van der Waals surface area contributed by atoms with Gasteiger partial charge in [-0.3, -0.25) is 0 Å². The van der Waals surface area contributed by atoms with Gasteiger partial charge in [-0.25, -0.2) is 0 Å². The zero-order chi connectivity index (χ0) is 11.7. The van der Waals surface area contributed by atoms with Crippen molar-refractivity contribution in [2.75, 3.05) is 0 Å². The Morgan fingerprint density at radius 2 is 2.12 bits per heavy atom. The molecule has 0 saturated carbocycles. The minimum absolute atomic E-state index is 0.138. The summed E-state index contributed by atoms with van der Waals surface area (Å²) in [6.45, 7) is 2.06. The van der Waals surface area contributed by atoms with E-state index in [9.17, 15) is 0 Å². The highest BCUT2D eigenvalue weighted by molar-refractivity contribution is 9.10. The SMILES string of the molecule is Cc1cc(Br)ccc1C(N)c1sccc1Cl. The monoisotopic (exact) mass is 315 g/mol. The van der Waals surface area contributed by atoms with Gasteiger partial charge in [0.15, 0.2) is 0 Å². The first-order valence-electron chi connectivity index (χ1n) is 4.84. The Bertz CT molecular complexity index is 509. The minimum atomic E-state index is -0.138. The van der Waals surface area contributed by atoms with E-state index in [-0.39, 0.29) is 6.04 Å². The molecule has 0 aliphatic rings. The second-order valence-electron chi connectivity index (χ2n) is 3.61. The smallest absolute Gasteiger partial charge is 0.0663 e. The second-order valence-corrected chi connectivity index (χ2v) is 5.88. The molecule has 0 saturated heterocycles. The first-order valence-corrected chi connectivity index (χ1v) is 6.89. The predicted molar refractivity (Wildman–Crippen MR) is 74.2 cm³/mol. The normalized spacial score (nSPS) is 12.8. The van der Waals surface area contributed by atoms with Crippen LogP contribution >= 0.6 is 38.9 Å². The highest BCUT2D eigenvalue weighted by atomic mass is 79.9. The molecule has 0 spiro atoms. The predicted octanol–water partition coefficient (Wildman–Crippen LogP) is 4.52. The maximum absolute atomic E-state index is 6.22. The maximum atomic E-state index is 6.22. The molecule has 0 aliphatic heterocycles. The third-order valence-electron chi connectivity index (χ3n) is 2.49. The Morgan fingerprint density at radius 3 is 2.69 bits per heavy atom. The number of hydrogen-bond donors (Lipinski definition) is 1. The van der Waals surface area contributed by atoms with Gasteiger partial charge in [-0.2, -0.15) is 0 Å². The van der Waals surface area contributed by atoms with Crippen molar-refractivity contribution in [3.8, 4) is 0 Å². The molecule has 0 fully saturated rings. The fraction of sp³-hybridized carbons (Fsp3) is 0.167. The molecular formula is C12H11BrClNS. The van der Waals surface area contributed by atoms with E-state index in [0.29, 0.717) is 0 Å². The molecule has 0 radical (unpaired) electrons. The lowest BCUT2D eigenvalue weighted by molar-refractivity contribution is 0.882. The molecule has 2 rings (SSSR count). The summed E-state index contributed by atoms with van der Waals surface area (Å²) in [7, 11) is 0. The molecule has 1 nitrogen and oxygen atoms in total. The van der Waals surface area contributed by atoms with E-state index in [1.807, 2.05) is 23.6 Å². The zero-order valence-corrected chi connectivity index (χ0v) is 11.9. The summed E-state index contributed by atoms with van der Waals surface area (Å²) in [5, 5.41) is 2.71. The van der Waals surface area contributed by atoms with Crippen molar-refractivity contribution in [1.82, 2.24) is 0 Å². The van der Waals surface area contributed by atoms with Crippen LogP contribution in [0.5, 0.6) is 0 Å². The maximum Gasteiger partial charge on any atom is 0.0663 e. The number of nitrogens with two attached hydrogens (primary N) is 1. The van der Waals surface area contributed by atoms with Crippen LogP contribution in [-0.2, 0) is 0 Å². The molecule has 2 aromatic rings. The Labute approximate surface area is 112 Å². The average molecular weight is 317 g/mol. The van der Waals surface area contributed by atoms with Crippen LogP contribution in [0, 0.1) is 6.92 Å². The summed E-state index contributed by atoms with van der Waals surface area (Å²) >= 11 is 11.1. The third kappa shape index (κ3) is 2.33. The fourth-order valence-corrected chi connectivity index (χ4v) is 3.33. The molecule has 0 bridgehead atoms. The molecule has 1 unspecified atom stereocenters. The van der Waals surface area contributed by atoms with Crippen molar-refractivity contribution in [2.24, 2.45) is 5.73 Å². The van der Waals surface area contributed by atoms with Crippen LogP contribution in [0.3, 0.4) is 0 Å². The number of aryl methyl sites for hydroxylation is 1. The van der Waals surface area contributed by atoms with Gasteiger partial charge < -0.3 is 5.73 Å². The van der Waals surface area contributed by atoms with Crippen LogP contribution in [0.4, 0.5) is 0 Å². The molecule has 0 aliphatic carbocycles. The van der Waals surface area contributed by atoms with E-state index < -0.39 is 0 Å². The van der Waals surface area contributed by atoms with Gasteiger partial charge in [0.05, 0.1) is 11.1 Å². The Balaban J connectivity index is 2.41. The number of benzene rings is 1. The molecule has 0 amide bonds. The molecule has 1 aromatic carbocycles. The number of thiophene rings is 1. The summed E-state index contributed by atoms with van der Waals surface area (Å²) in [4.78, 5) is 1.02. The van der Waals surface area contributed by atoms with Crippen LogP contribution in [0.2, 0.25) is 5.02 Å². The molecule has 2 N–H and O–H groups in total. The molecular weight excluding hydrogens is 306 g/mol. The Morgan fingerprint density at radius 1 is 1.38 bits per heavy atom. The Kier molecular flexibility index (Phi) is 3.70. The largest absolute Gasteiger partial charge is 0.320 e. The number of hydrogen-bond acceptors (Lipinski definition) is 2. The first-order chi connectivity index (χ1) is 7.59. The number of rotatable bonds is 2. The Hall–Kier alpha value is -0.350. The van der Waals surface area contributed by atoms with E-state index >= 15 is 0 Å². The number of halogens is 2. The minimum Gasteiger partial charge on any atom is -0.320 e. The van der Waals surface area contributed by atoms with Gasteiger partial charge in [-0.15, -0.1) is 11.3 Å². The molecule has 1 atom stereocenters. The molecule has 1 aromatic heterocycles. The van der Waals surface area contributed by atoms with Gasteiger partial charge in [0.1, 0.15) is 0 Å². The fourth-order valence-electron chi connectivity index (χ4n) is 1.66. The van der Waals surface area contributed by atoms with Crippen LogP contribution in [0.1, 0.15) is 22.0 Å². The lowest BCUT2D eigenvalue weighted by Gasteiger charge is -2.14. The highest BCUT2D eigenvalue weighted by Gasteiger charge is 2.15. The van der Waals surface area contributed by atoms with Crippen molar-refractivity contribution >= 4 is 38.9 Å². The van der Waals surface area contributed by atoms with Crippen LogP contribution in [0.25, 0.3) is 0 Å². The summed E-state index contributed by atoms with van der Waals surface area (Å²) in [5.41, 5.74) is 8.51. The van der Waals surface area contributed by atoms with E-state index in [1.165, 1.54) is 5.56 Å².